The maximum atomic E-state index is 13.4. The summed E-state index contributed by atoms with van der Waals surface area (Å²) in [6.07, 6.45) is 4.61. The summed E-state index contributed by atoms with van der Waals surface area (Å²) in [7, 11) is 0. The first-order valence-corrected chi connectivity index (χ1v) is 10.4. The van der Waals surface area contributed by atoms with E-state index >= 15 is 0 Å². The minimum Gasteiger partial charge on any atom is -0.292 e. The van der Waals surface area contributed by atoms with Crippen LogP contribution in [-0.4, -0.2) is 40.1 Å². The summed E-state index contributed by atoms with van der Waals surface area (Å²) in [6, 6.07) is 13.3. The van der Waals surface area contributed by atoms with Crippen LogP contribution in [0.5, 0.6) is 0 Å². The molecular weight excluding hydrogens is 416 g/mol. The molecule has 6 nitrogen and oxygen atoms in total. The number of carbonyl (C=O) groups excluding carboxylic acids is 4. The number of hydrogen-bond acceptors (Lipinski definition) is 4. The number of imide groups is 1. The zero-order chi connectivity index (χ0) is 22.1. The molecule has 2 aromatic carbocycles. The van der Waals surface area contributed by atoms with Gasteiger partial charge in [-0.1, -0.05) is 65.7 Å². The molecular formula is C24H21ClN2O4. The van der Waals surface area contributed by atoms with Crippen molar-refractivity contribution in [1.82, 2.24) is 10.0 Å². The topological polar surface area (TPSA) is 74.8 Å². The Balaban J connectivity index is 1.70. The highest BCUT2D eigenvalue weighted by Gasteiger charge is 2.51. The second kappa shape index (κ2) is 8.47. The van der Waals surface area contributed by atoms with E-state index in [4.69, 9.17) is 11.6 Å². The average Bonchev–Trinajstić information content (AvgIpc) is 3.03. The number of rotatable bonds is 5. The minimum atomic E-state index is -0.667. The van der Waals surface area contributed by atoms with Gasteiger partial charge in [0, 0.05) is 5.56 Å². The Morgan fingerprint density at radius 3 is 2.13 bits per heavy atom. The van der Waals surface area contributed by atoms with Crippen molar-refractivity contribution in [2.45, 2.75) is 19.8 Å². The van der Waals surface area contributed by atoms with Gasteiger partial charge in [0.05, 0.1) is 22.4 Å². The van der Waals surface area contributed by atoms with Crippen molar-refractivity contribution in [3.63, 3.8) is 0 Å². The van der Waals surface area contributed by atoms with Crippen LogP contribution in [0.2, 0.25) is 5.02 Å². The summed E-state index contributed by atoms with van der Waals surface area (Å²) < 4.78 is 0. The summed E-state index contributed by atoms with van der Waals surface area (Å²) >= 11 is 6.20. The van der Waals surface area contributed by atoms with E-state index in [0.29, 0.717) is 18.4 Å². The van der Waals surface area contributed by atoms with Gasteiger partial charge < -0.3 is 0 Å². The van der Waals surface area contributed by atoms with Crippen LogP contribution < -0.4 is 0 Å². The van der Waals surface area contributed by atoms with Crippen LogP contribution in [0.1, 0.15) is 39.1 Å². The van der Waals surface area contributed by atoms with Crippen LogP contribution in [-0.2, 0) is 9.59 Å². The molecule has 3 amide bonds. The number of aryl methyl sites for hydroxylation is 1. The van der Waals surface area contributed by atoms with Gasteiger partial charge >= 0.3 is 0 Å². The van der Waals surface area contributed by atoms with Crippen LogP contribution in [0.4, 0.5) is 0 Å². The predicted octanol–water partition coefficient (Wildman–Crippen LogP) is 3.84. The van der Waals surface area contributed by atoms with Crippen LogP contribution >= 0.6 is 11.6 Å². The van der Waals surface area contributed by atoms with Crippen molar-refractivity contribution in [3.05, 3.63) is 82.4 Å². The third-order valence-electron chi connectivity index (χ3n) is 5.73. The molecule has 0 bridgehead atoms. The molecule has 2 atom stereocenters. The van der Waals surface area contributed by atoms with Crippen LogP contribution in [0.3, 0.4) is 0 Å². The molecule has 1 aliphatic carbocycles. The predicted molar refractivity (Wildman–Crippen MR) is 115 cm³/mol. The molecule has 4 rings (SSSR count). The van der Waals surface area contributed by atoms with E-state index in [1.54, 1.807) is 42.5 Å². The van der Waals surface area contributed by atoms with E-state index in [1.807, 2.05) is 19.1 Å². The lowest BCUT2D eigenvalue weighted by Crippen LogP contribution is -2.52. The first kappa shape index (κ1) is 21.0. The number of nitrogens with zero attached hydrogens (tertiary/aromatic N) is 2. The molecule has 7 heteroatoms. The SMILES string of the molecule is Cc1ccc(C(=O)CN(C(=O)c2ccccc2Cl)N2C(=O)[C@H]3CC=CC[C@H]3C2=O)cc1. The van der Waals surface area contributed by atoms with Crippen molar-refractivity contribution in [2.24, 2.45) is 11.8 Å². The molecule has 2 aliphatic rings. The number of benzene rings is 2. The number of Topliss-reactive ketones (excluding diaryl/α,β-unsaturated/α-hetero) is 1. The molecule has 1 fully saturated rings. The molecule has 0 saturated carbocycles. The summed E-state index contributed by atoms with van der Waals surface area (Å²) in [5.74, 6) is -3.01. The van der Waals surface area contributed by atoms with Crippen LogP contribution in [0.25, 0.3) is 0 Å². The highest BCUT2D eigenvalue weighted by molar-refractivity contribution is 6.34. The van der Waals surface area contributed by atoms with Crippen LogP contribution in [0, 0.1) is 18.8 Å². The summed E-state index contributed by atoms with van der Waals surface area (Å²) in [4.78, 5) is 52.6. The van der Waals surface area contributed by atoms with E-state index in [1.165, 1.54) is 6.07 Å². The smallest absolute Gasteiger partial charge is 0.274 e. The number of halogens is 1. The number of fused-ring (bicyclic) bond motifs is 1. The molecule has 158 valence electrons. The van der Waals surface area contributed by atoms with Crippen molar-refractivity contribution >= 4 is 35.1 Å². The first-order valence-electron chi connectivity index (χ1n) is 10.1. The highest BCUT2D eigenvalue weighted by atomic mass is 35.5. The van der Waals surface area contributed by atoms with E-state index in [-0.39, 0.29) is 16.4 Å². The number of hydrazine groups is 1. The summed E-state index contributed by atoms with van der Waals surface area (Å²) in [5.41, 5.74) is 1.50. The van der Waals surface area contributed by atoms with Gasteiger partial charge in [0.1, 0.15) is 6.54 Å². The molecule has 31 heavy (non-hydrogen) atoms. The van der Waals surface area contributed by atoms with Crippen molar-refractivity contribution < 1.29 is 19.2 Å². The van der Waals surface area contributed by atoms with Gasteiger partial charge in [-0.2, -0.15) is 5.01 Å². The molecule has 0 aromatic heterocycles. The quantitative estimate of drug-likeness (QED) is 0.405. The summed E-state index contributed by atoms with van der Waals surface area (Å²) in [5, 5.41) is 1.99. The number of amides is 3. The molecule has 0 N–H and O–H groups in total. The average molecular weight is 437 g/mol. The van der Waals surface area contributed by atoms with Crippen molar-refractivity contribution in [2.75, 3.05) is 6.54 Å². The minimum absolute atomic E-state index is 0.120. The van der Waals surface area contributed by atoms with Gasteiger partial charge in [-0.25, -0.2) is 5.01 Å². The lowest BCUT2D eigenvalue weighted by molar-refractivity contribution is -0.154. The molecule has 1 aliphatic heterocycles. The fourth-order valence-electron chi connectivity index (χ4n) is 3.99. The van der Waals surface area contributed by atoms with Crippen molar-refractivity contribution in [3.8, 4) is 0 Å². The fourth-order valence-corrected chi connectivity index (χ4v) is 4.21. The fraction of sp³-hybridized carbons (Fsp3) is 0.250. The van der Waals surface area contributed by atoms with E-state index in [2.05, 4.69) is 0 Å². The lowest BCUT2D eigenvalue weighted by atomic mass is 9.85. The number of ketones is 1. The molecule has 2 aromatic rings. The van der Waals surface area contributed by atoms with E-state index < -0.39 is 36.1 Å². The standard InChI is InChI=1S/C24H21ClN2O4/c1-15-10-12-16(13-11-15)21(28)14-26(22(29)19-8-4-5-9-20(19)25)27-23(30)17-6-2-3-7-18(17)24(27)31/h2-5,8-13,17-18H,6-7,14H2,1H3/t17-,18+. The van der Waals surface area contributed by atoms with Crippen LogP contribution in [0.15, 0.2) is 60.7 Å². The second-order valence-electron chi connectivity index (χ2n) is 7.78. The highest BCUT2D eigenvalue weighted by Crippen LogP contribution is 2.36. The van der Waals surface area contributed by atoms with Crippen molar-refractivity contribution in [1.29, 1.82) is 0 Å². The monoisotopic (exact) mass is 436 g/mol. The Kier molecular flexibility index (Phi) is 5.74. The zero-order valence-electron chi connectivity index (χ0n) is 17.0. The van der Waals surface area contributed by atoms with Gasteiger partial charge in [-0.3, -0.25) is 19.2 Å². The van der Waals surface area contributed by atoms with Gasteiger partial charge in [-0.15, -0.1) is 0 Å². The lowest BCUT2D eigenvalue weighted by Gasteiger charge is -2.30. The number of hydrogen-bond donors (Lipinski definition) is 0. The number of allylic oxidation sites excluding steroid dienone is 2. The van der Waals surface area contributed by atoms with Gasteiger partial charge in [0.15, 0.2) is 5.78 Å². The Bertz CT molecular complexity index is 1070. The van der Waals surface area contributed by atoms with Gasteiger partial charge in [0.2, 0.25) is 0 Å². The molecule has 0 radical (unpaired) electrons. The Morgan fingerprint density at radius 1 is 0.968 bits per heavy atom. The third-order valence-corrected chi connectivity index (χ3v) is 6.06. The first-order chi connectivity index (χ1) is 14.9. The Morgan fingerprint density at radius 2 is 1.55 bits per heavy atom. The maximum Gasteiger partial charge on any atom is 0.274 e. The molecule has 1 saturated heterocycles. The molecule has 0 unspecified atom stereocenters. The largest absolute Gasteiger partial charge is 0.292 e. The number of carbonyl (C=O) groups is 4. The molecule has 1 heterocycles. The second-order valence-corrected chi connectivity index (χ2v) is 8.18. The third kappa shape index (κ3) is 3.91. The Hall–Kier alpha value is -3.25. The van der Waals surface area contributed by atoms with Gasteiger partial charge in [0.25, 0.3) is 17.7 Å². The van der Waals surface area contributed by atoms with E-state index in [9.17, 15) is 19.2 Å². The summed E-state index contributed by atoms with van der Waals surface area (Å²) in [6.45, 7) is 1.45. The Labute approximate surface area is 185 Å². The zero-order valence-corrected chi connectivity index (χ0v) is 17.7. The normalized spacial score (nSPS) is 20.0. The maximum absolute atomic E-state index is 13.4. The van der Waals surface area contributed by atoms with E-state index in [0.717, 1.165) is 15.6 Å². The van der Waals surface area contributed by atoms with Gasteiger partial charge in [-0.05, 0) is 31.9 Å². The molecule has 0 spiro atoms.